The fourth-order valence-electron chi connectivity index (χ4n) is 3.10. The second-order valence-electron chi connectivity index (χ2n) is 7.08. The van der Waals surface area contributed by atoms with Gasteiger partial charge in [-0.05, 0) is 55.7 Å². The molecule has 0 unspecified atom stereocenters. The van der Waals surface area contributed by atoms with Crippen molar-refractivity contribution in [2.24, 2.45) is 0 Å². The lowest BCUT2D eigenvalue weighted by Gasteiger charge is -2.25. The van der Waals surface area contributed by atoms with E-state index in [1.807, 2.05) is 26.8 Å². The van der Waals surface area contributed by atoms with Gasteiger partial charge in [-0.15, -0.1) is 0 Å². The molecule has 1 amide bonds. The van der Waals surface area contributed by atoms with Crippen LogP contribution in [0.25, 0.3) is 0 Å². The molecule has 30 heavy (non-hydrogen) atoms. The van der Waals surface area contributed by atoms with Crippen LogP contribution in [0.5, 0.6) is 11.5 Å². The van der Waals surface area contributed by atoms with Crippen LogP contribution in [0, 0.1) is 13.8 Å². The van der Waals surface area contributed by atoms with Crippen LogP contribution < -0.4 is 19.1 Å². The van der Waals surface area contributed by atoms with Crippen LogP contribution in [0.15, 0.2) is 41.3 Å². The van der Waals surface area contributed by atoms with Gasteiger partial charge >= 0.3 is 0 Å². The lowest BCUT2D eigenvalue weighted by atomic mass is 10.1. The molecule has 0 aromatic heterocycles. The molecule has 0 bridgehead atoms. The Bertz CT molecular complexity index is 969. The molecular formula is C22H30N2O5S. The number of aryl methyl sites for hydroxylation is 2. The molecule has 2 aromatic rings. The molecule has 0 aliphatic heterocycles. The highest BCUT2D eigenvalue weighted by Crippen LogP contribution is 2.32. The van der Waals surface area contributed by atoms with E-state index in [1.54, 1.807) is 12.1 Å². The average molecular weight is 435 g/mol. The van der Waals surface area contributed by atoms with Gasteiger partial charge in [-0.25, -0.2) is 8.42 Å². The van der Waals surface area contributed by atoms with Gasteiger partial charge in [-0.3, -0.25) is 9.10 Å². The molecule has 0 saturated carbocycles. The third-order valence-electron chi connectivity index (χ3n) is 4.58. The summed E-state index contributed by atoms with van der Waals surface area (Å²) in [4.78, 5) is 12.5. The lowest BCUT2D eigenvalue weighted by molar-refractivity contribution is -0.119. The van der Waals surface area contributed by atoms with Gasteiger partial charge in [-0.1, -0.05) is 19.4 Å². The van der Waals surface area contributed by atoms with Gasteiger partial charge < -0.3 is 14.8 Å². The molecule has 0 atom stereocenters. The number of hydrogen-bond donors (Lipinski definition) is 1. The summed E-state index contributed by atoms with van der Waals surface area (Å²) < 4.78 is 38.7. The molecule has 0 fully saturated rings. The van der Waals surface area contributed by atoms with Crippen molar-refractivity contribution in [3.8, 4) is 11.5 Å². The Morgan fingerprint density at radius 3 is 2.20 bits per heavy atom. The Morgan fingerprint density at radius 2 is 1.63 bits per heavy atom. The van der Waals surface area contributed by atoms with Crippen LogP contribution >= 0.6 is 0 Å². The van der Waals surface area contributed by atoms with Crippen molar-refractivity contribution in [3.63, 3.8) is 0 Å². The summed E-state index contributed by atoms with van der Waals surface area (Å²) in [5.41, 5.74) is 2.25. The Kier molecular flexibility index (Phi) is 8.11. The molecule has 1 N–H and O–H groups in total. The molecule has 2 rings (SSSR count). The number of methoxy groups -OCH3 is 2. The normalized spacial score (nSPS) is 11.1. The number of amides is 1. The number of benzene rings is 2. The summed E-state index contributed by atoms with van der Waals surface area (Å²) >= 11 is 0. The minimum atomic E-state index is -4.03. The number of ether oxygens (including phenoxy) is 2. The predicted molar refractivity (Wildman–Crippen MR) is 118 cm³/mol. The van der Waals surface area contributed by atoms with Gasteiger partial charge in [0.05, 0.1) is 24.8 Å². The standard InChI is InChI=1S/C22H30N2O5S/c1-6-7-10-23-22(25)15-24(18-12-16(2)11-17(3)13-18)30(26,27)19-8-9-20(28-4)21(14-19)29-5/h8-9,11-14H,6-7,10,15H2,1-5H3,(H,23,25). The second-order valence-corrected chi connectivity index (χ2v) is 8.94. The van der Waals surface area contributed by atoms with Crippen LogP contribution in [0.2, 0.25) is 0 Å². The lowest BCUT2D eigenvalue weighted by Crippen LogP contribution is -2.41. The number of carbonyl (C=O) groups excluding carboxylic acids is 1. The SMILES string of the molecule is CCCCNC(=O)CN(c1cc(C)cc(C)c1)S(=O)(=O)c1ccc(OC)c(OC)c1. The van der Waals surface area contributed by atoms with Crippen molar-refractivity contribution in [1.82, 2.24) is 5.32 Å². The van der Waals surface area contributed by atoms with E-state index in [9.17, 15) is 13.2 Å². The summed E-state index contributed by atoms with van der Waals surface area (Å²) in [7, 11) is -1.11. The zero-order valence-corrected chi connectivity index (χ0v) is 19.0. The van der Waals surface area contributed by atoms with Crippen molar-refractivity contribution in [3.05, 3.63) is 47.5 Å². The number of sulfonamides is 1. The van der Waals surface area contributed by atoms with Crippen molar-refractivity contribution < 1.29 is 22.7 Å². The van der Waals surface area contributed by atoms with E-state index in [2.05, 4.69) is 5.32 Å². The second kappa shape index (κ2) is 10.3. The van der Waals surface area contributed by atoms with Crippen LogP contribution in [0.1, 0.15) is 30.9 Å². The molecule has 0 aliphatic rings. The van der Waals surface area contributed by atoms with E-state index in [0.29, 0.717) is 23.7 Å². The third-order valence-corrected chi connectivity index (χ3v) is 6.35. The summed E-state index contributed by atoms with van der Waals surface area (Å²) in [5, 5.41) is 2.79. The minimum absolute atomic E-state index is 0.0145. The van der Waals surface area contributed by atoms with Crippen LogP contribution in [-0.4, -0.2) is 41.6 Å². The van der Waals surface area contributed by atoms with Crippen molar-refractivity contribution in [1.29, 1.82) is 0 Å². The van der Waals surface area contributed by atoms with Gasteiger partial charge in [-0.2, -0.15) is 0 Å². The smallest absolute Gasteiger partial charge is 0.264 e. The van der Waals surface area contributed by atoms with Crippen molar-refractivity contribution >= 4 is 21.6 Å². The maximum atomic E-state index is 13.5. The number of nitrogens with zero attached hydrogens (tertiary/aromatic N) is 1. The number of unbranched alkanes of at least 4 members (excludes halogenated alkanes) is 1. The minimum Gasteiger partial charge on any atom is -0.493 e. The first-order chi connectivity index (χ1) is 14.2. The highest BCUT2D eigenvalue weighted by molar-refractivity contribution is 7.92. The third kappa shape index (κ3) is 5.66. The van der Waals surface area contributed by atoms with Gasteiger partial charge in [0.1, 0.15) is 6.54 Å². The number of rotatable bonds is 10. The van der Waals surface area contributed by atoms with Crippen LogP contribution in [0.3, 0.4) is 0 Å². The van der Waals surface area contributed by atoms with Crippen LogP contribution in [-0.2, 0) is 14.8 Å². The van der Waals surface area contributed by atoms with Gasteiger partial charge in [0.25, 0.3) is 10.0 Å². The molecular weight excluding hydrogens is 404 g/mol. The summed E-state index contributed by atoms with van der Waals surface area (Å²) in [6, 6.07) is 9.84. The molecule has 0 saturated heterocycles. The zero-order chi connectivity index (χ0) is 22.3. The van der Waals surface area contributed by atoms with Gasteiger partial charge in [0.2, 0.25) is 5.91 Å². The molecule has 7 nitrogen and oxygen atoms in total. The Morgan fingerprint density at radius 1 is 1.00 bits per heavy atom. The maximum Gasteiger partial charge on any atom is 0.264 e. The zero-order valence-electron chi connectivity index (χ0n) is 18.2. The average Bonchev–Trinajstić information content (AvgIpc) is 2.70. The Labute approximate surface area is 179 Å². The summed E-state index contributed by atoms with van der Waals surface area (Å²) in [5.74, 6) is 0.365. The highest BCUT2D eigenvalue weighted by atomic mass is 32.2. The predicted octanol–water partition coefficient (Wildman–Crippen LogP) is 3.43. The summed E-state index contributed by atoms with van der Waals surface area (Å²) in [6.07, 6.45) is 1.77. The molecule has 0 radical (unpaired) electrons. The van der Waals surface area contributed by atoms with E-state index < -0.39 is 10.0 Å². The highest BCUT2D eigenvalue weighted by Gasteiger charge is 2.28. The largest absolute Gasteiger partial charge is 0.493 e. The number of nitrogens with one attached hydrogen (secondary N) is 1. The monoisotopic (exact) mass is 434 g/mol. The molecule has 0 spiro atoms. The topological polar surface area (TPSA) is 84.9 Å². The fraction of sp³-hybridized carbons (Fsp3) is 0.409. The van der Waals surface area contributed by atoms with Crippen molar-refractivity contribution in [2.75, 3.05) is 31.6 Å². The quantitative estimate of drug-likeness (QED) is 0.579. The van der Waals surface area contributed by atoms with Gasteiger partial charge in [0.15, 0.2) is 11.5 Å². The first-order valence-electron chi connectivity index (χ1n) is 9.82. The van der Waals surface area contributed by atoms with Crippen LogP contribution in [0.4, 0.5) is 5.69 Å². The Balaban J connectivity index is 2.50. The van der Waals surface area contributed by atoms with E-state index in [4.69, 9.17) is 9.47 Å². The first-order valence-corrected chi connectivity index (χ1v) is 11.3. The number of carbonyl (C=O) groups is 1. The van der Waals surface area contributed by atoms with E-state index in [-0.39, 0.29) is 17.3 Å². The molecule has 0 aliphatic carbocycles. The van der Waals surface area contributed by atoms with Gasteiger partial charge in [0, 0.05) is 12.6 Å². The van der Waals surface area contributed by atoms with E-state index in [0.717, 1.165) is 28.3 Å². The van der Waals surface area contributed by atoms with E-state index in [1.165, 1.54) is 32.4 Å². The summed E-state index contributed by atoms with van der Waals surface area (Å²) in [6.45, 7) is 5.99. The van der Waals surface area contributed by atoms with Crippen molar-refractivity contribution in [2.45, 2.75) is 38.5 Å². The molecule has 0 heterocycles. The number of anilines is 1. The molecule has 8 heteroatoms. The first kappa shape index (κ1) is 23.5. The molecule has 2 aromatic carbocycles. The maximum absolute atomic E-state index is 13.5. The van der Waals surface area contributed by atoms with E-state index >= 15 is 0 Å². The fourth-order valence-corrected chi connectivity index (χ4v) is 4.53. The number of hydrogen-bond acceptors (Lipinski definition) is 5. The molecule has 164 valence electrons. The Hall–Kier alpha value is -2.74.